The van der Waals surface area contributed by atoms with Gasteiger partial charge in [-0.25, -0.2) is 13.8 Å². The van der Waals surface area contributed by atoms with Crippen LogP contribution in [-0.2, 0) is 11.3 Å². The zero-order chi connectivity index (χ0) is 19.8. The number of halogens is 2. The SMILES string of the molecule is CC(C)CC1(C)N=C(N)N(Cc2cccc(-c3cc(F)cc(F)c3)c2)C1=O. The van der Waals surface area contributed by atoms with Gasteiger partial charge in [-0.1, -0.05) is 32.0 Å². The molecule has 6 heteroatoms. The topological polar surface area (TPSA) is 58.7 Å². The molecule has 1 aliphatic heterocycles. The fourth-order valence-corrected chi connectivity index (χ4v) is 3.59. The molecule has 0 fully saturated rings. The van der Waals surface area contributed by atoms with Gasteiger partial charge >= 0.3 is 0 Å². The van der Waals surface area contributed by atoms with Gasteiger partial charge in [-0.05, 0) is 54.2 Å². The van der Waals surface area contributed by atoms with Gasteiger partial charge in [0.15, 0.2) is 5.96 Å². The Morgan fingerprint density at radius 3 is 2.41 bits per heavy atom. The zero-order valence-corrected chi connectivity index (χ0v) is 15.7. The predicted octanol–water partition coefficient (Wildman–Crippen LogP) is 4.09. The highest BCUT2D eigenvalue weighted by Crippen LogP contribution is 2.30. The lowest BCUT2D eigenvalue weighted by Crippen LogP contribution is -2.43. The molecule has 1 amide bonds. The molecule has 1 aliphatic rings. The fraction of sp³-hybridized carbons (Fsp3) is 0.333. The lowest BCUT2D eigenvalue weighted by Gasteiger charge is -2.23. The lowest BCUT2D eigenvalue weighted by molar-refractivity contribution is -0.131. The van der Waals surface area contributed by atoms with Crippen molar-refractivity contribution in [3.05, 3.63) is 59.7 Å². The number of hydrogen-bond donors (Lipinski definition) is 1. The van der Waals surface area contributed by atoms with Gasteiger partial charge in [0.2, 0.25) is 0 Å². The lowest BCUT2D eigenvalue weighted by atomic mass is 9.91. The van der Waals surface area contributed by atoms with Gasteiger partial charge in [-0.2, -0.15) is 0 Å². The number of hydrogen-bond acceptors (Lipinski definition) is 3. The van der Waals surface area contributed by atoms with Crippen molar-refractivity contribution >= 4 is 11.9 Å². The number of rotatable bonds is 5. The van der Waals surface area contributed by atoms with Crippen molar-refractivity contribution in [3.8, 4) is 11.1 Å². The van der Waals surface area contributed by atoms with Crippen LogP contribution in [-0.4, -0.2) is 22.3 Å². The zero-order valence-electron chi connectivity index (χ0n) is 15.7. The van der Waals surface area contributed by atoms with E-state index in [1.165, 1.54) is 17.0 Å². The smallest absolute Gasteiger partial charge is 0.257 e. The molecule has 0 bridgehead atoms. The van der Waals surface area contributed by atoms with E-state index in [1.807, 2.05) is 19.9 Å². The molecule has 0 spiro atoms. The molecule has 1 atom stereocenters. The normalized spacial score (nSPS) is 19.7. The minimum absolute atomic E-state index is 0.129. The molecule has 0 radical (unpaired) electrons. The van der Waals surface area contributed by atoms with Crippen molar-refractivity contribution in [1.29, 1.82) is 0 Å². The Labute approximate surface area is 157 Å². The van der Waals surface area contributed by atoms with Crippen LogP contribution in [0, 0.1) is 17.6 Å². The van der Waals surface area contributed by atoms with Crippen LogP contribution in [0.4, 0.5) is 8.78 Å². The second-order valence-corrected chi connectivity index (χ2v) is 7.59. The van der Waals surface area contributed by atoms with Gasteiger partial charge in [-0.15, -0.1) is 0 Å². The van der Waals surface area contributed by atoms with Gasteiger partial charge in [0, 0.05) is 6.07 Å². The quantitative estimate of drug-likeness (QED) is 0.860. The van der Waals surface area contributed by atoms with E-state index in [4.69, 9.17) is 5.73 Å². The molecule has 1 heterocycles. The number of guanidine groups is 1. The predicted molar refractivity (Wildman–Crippen MR) is 102 cm³/mol. The maximum atomic E-state index is 13.5. The minimum Gasteiger partial charge on any atom is -0.369 e. The number of carbonyl (C=O) groups is 1. The first kappa shape index (κ1) is 19.0. The van der Waals surface area contributed by atoms with Crippen LogP contribution in [0.2, 0.25) is 0 Å². The first-order valence-electron chi connectivity index (χ1n) is 8.90. The summed E-state index contributed by atoms with van der Waals surface area (Å²) in [5, 5.41) is 0. The summed E-state index contributed by atoms with van der Waals surface area (Å²) in [6.07, 6.45) is 0.617. The number of aliphatic imine (C=N–C) groups is 1. The van der Waals surface area contributed by atoms with Crippen molar-refractivity contribution in [1.82, 2.24) is 4.90 Å². The van der Waals surface area contributed by atoms with E-state index < -0.39 is 17.2 Å². The van der Waals surface area contributed by atoms with Crippen LogP contribution in [0.1, 0.15) is 32.8 Å². The highest BCUT2D eigenvalue weighted by Gasteiger charge is 2.43. The Kier molecular flexibility index (Phi) is 5.00. The first-order valence-corrected chi connectivity index (χ1v) is 8.90. The Bertz CT molecular complexity index is 890. The molecule has 2 aromatic rings. The molecule has 27 heavy (non-hydrogen) atoms. The van der Waals surface area contributed by atoms with E-state index in [2.05, 4.69) is 4.99 Å². The van der Waals surface area contributed by atoms with Crippen LogP contribution in [0.3, 0.4) is 0 Å². The molecule has 142 valence electrons. The van der Waals surface area contributed by atoms with E-state index in [9.17, 15) is 13.6 Å². The number of carbonyl (C=O) groups excluding carboxylic acids is 1. The third kappa shape index (κ3) is 3.99. The van der Waals surface area contributed by atoms with Crippen molar-refractivity contribution in [3.63, 3.8) is 0 Å². The number of amides is 1. The summed E-state index contributed by atoms with van der Waals surface area (Å²) in [6, 6.07) is 10.6. The van der Waals surface area contributed by atoms with Crippen molar-refractivity contribution in [2.24, 2.45) is 16.6 Å². The average Bonchev–Trinajstić information content (AvgIpc) is 2.76. The van der Waals surface area contributed by atoms with Gasteiger partial charge in [-0.3, -0.25) is 9.69 Å². The summed E-state index contributed by atoms with van der Waals surface area (Å²) in [7, 11) is 0. The molecule has 2 N–H and O–H groups in total. The van der Waals surface area contributed by atoms with Gasteiger partial charge in [0.25, 0.3) is 5.91 Å². The summed E-state index contributed by atoms with van der Waals surface area (Å²) in [5.74, 6) is -0.889. The third-order valence-corrected chi connectivity index (χ3v) is 4.61. The molecule has 2 aromatic carbocycles. The molecule has 1 unspecified atom stereocenters. The van der Waals surface area contributed by atoms with Crippen LogP contribution in [0.5, 0.6) is 0 Å². The van der Waals surface area contributed by atoms with Crippen molar-refractivity contribution < 1.29 is 13.6 Å². The van der Waals surface area contributed by atoms with Crippen LogP contribution in [0.25, 0.3) is 11.1 Å². The van der Waals surface area contributed by atoms with E-state index in [1.54, 1.807) is 25.1 Å². The second kappa shape index (κ2) is 7.10. The second-order valence-electron chi connectivity index (χ2n) is 7.59. The summed E-state index contributed by atoms with van der Waals surface area (Å²) in [5.41, 5.74) is 7.07. The minimum atomic E-state index is -0.846. The number of benzene rings is 2. The average molecular weight is 371 g/mol. The largest absolute Gasteiger partial charge is 0.369 e. The standard InChI is InChI=1S/C21H23F2N3O/c1-13(2)11-21(3)19(27)26(20(24)25-21)12-14-5-4-6-15(7-14)16-8-17(22)10-18(23)9-16/h4-10,13H,11-12H2,1-3H3,(H2,24,25). The molecule has 0 saturated carbocycles. The van der Waals surface area contributed by atoms with Crippen LogP contribution < -0.4 is 5.73 Å². The van der Waals surface area contributed by atoms with Gasteiger partial charge < -0.3 is 5.73 Å². The van der Waals surface area contributed by atoms with Crippen LogP contribution >= 0.6 is 0 Å². The Morgan fingerprint density at radius 2 is 1.78 bits per heavy atom. The third-order valence-electron chi connectivity index (χ3n) is 4.61. The highest BCUT2D eigenvalue weighted by atomic mass is 19.1. The molecule has 3 rings (SSSR count). The Morgan fingerprint density at radius 1 is 1.11 bits per heavy atom. The van der Waals surface area contributed by atoms with Crippen molar-refractivity contribution in [2.45, 2.75) is 39.3 Å². The summed E-state index contributed by atoms with van der Waals surface area (Å²) < 4.78 is 27.0. The Balaban J connectivity index is 1.85. The maximum absolute atomic E-state index is 13.5. The van der Waals surface area contributed by atoms with Crippen LogP contribution in [0.15, 0.2) is 47.5 Å². The maximum Gasteiger partial charge on any atom is 0.257 e. The fourth-order valence-electron chi connectivity index (χ4n) is 3.59. The molecular formula is C21H23F2N3O. The first-order chi connectivity index (χ1) is 12.7. The molecule has 0 aliphatic carbocycles. The number of nitrogens with two attached hydrogens (primary N) is 1. The van der Waals surface area contributed by atoms with E-state index in [-0.39, 0.29) is 18.4 Å². The van der Waals surface area contributed by atoms with E-state index in [0.717, 1.165) is 11.6 Å². The van der Waals surface area contributed by atoms with Gasteiger partial charge in [0.05, 0.1) is 6.54 Å². The molecule has 4 nitrogen and oxygen atoms in total. The highest BCUT2D eigenvalue weighted by molar-refractivity contribution is 6.06. The van der Waals surface area contributed by atoms with Gasteiger partial charge in [0.1, 0.15) is 17.2 Å². The molecule has 0 saturated heterocycles. The van der Waals surface area contributed by atoms with E-state index in [0.29, 0.717) is 23.5 Å². The monoisotopic (exact) mass is 371 g/mol. The molecule has 0 aromatic heterocycles. The Hall–Kier alpha value is -2.76. The molecular weight excluding hydrogens is 348 g/mol. The summed E-state index contributed by atoms with van der Waals surface area (Å²) in [6.45, 7) is 6.13. The van der Waals surface area contributed by atoms with E-state index >= 15 is 0 Å². The van der Waals surface area contributed by atoms with Crippen molar-refractivity contribution in [2.75, 3.05) is 0 Å². The summed E-state index contributed by atoms with van der Waals surface area (Å²) in [4.78, 5) is 18.7. The number of nitrogens with zero attached hydrogens (tertiary/aromatic N) is 2. The summed E-state index contributed by atoms with van der Waals surface area (Å²) >= 11 is 0.